The normalized spacial score (nSPS) is 12.2. The minimum Gasteiger partial charge on any atom is -0.460 e. The summed E-state index contributed by atoms with van der Waals surface area (Å²) >= 11 is 0. The van der Waals surface area contributed by atoms with Gasteiger partial charge in [0, 0.05) is 5.56 Å². The number of esters is 1. The number of benzene rings is 1. The Kier molecular flexibility index (Phi) is 7.73. The first-order chi connectivity index (χ1) is 10.0. The van der Waals surface area contributed by atoms with E-state index in [4.69, 9.17) is 4.74 Å². The molecule has 1 unspecified atom stereocenters. The Hall–Kier alpha value is -1.64. The smallest absolute Gasteiger partial charge is 0.379 e. The topological polar surface area (TPSA) is 43.4 Å². The Labute approximate surface area is 127 Å². The molecule has 3 nitrogen and oxygen atoms in total. The Morgan fingerprint density at radius 3 is 2.29 bits per heavy atom. The van der Waals surface area contributed by atoms with Gasteiger partial charge >= 0.3 is 5.97 Å². The van der Waals surface area contributed by atoms with Crippen molar-refractivity contribution in [3.8, 4) is 0 Å². The lowest BCUT2D eigenvalue weighted by Gasteiger charge is -2.12. The molecule has 0 spiro atoms. The molecule has 0 saturated heterocycles. The van der Waals surface area contributed by atoms with Crippen molar-refractivity contribution in [3.63, 3.8) is 0 Å². The summed E-state index contributed by atoms with van der Waals surface area (Å²) in [6.07, 6.45) is 4.39. The van der Waals surface area contributed by atoms with E-state index in [1.165, 1.54) is 12.8 Å². The number of Topliss-reactive ketones (excluding diaryl/α,β-unsaturated/α-hetero) is 1. The quantitative estimate of drug-likeness (QED) is 0.387. The van der Waals surface area contributed by atoms with E-state index < -0.39 is 11.8 Å². The van der Waals surface area contributed by atoms with Crippen LogP contribution in [-0.2, 0) is 9.53 Å². The highest BCUT2D eigenvalue weighted by atomic mass is 16.5. The Morgan fingerprint density at radius 2 is 1.67 bits per heavy atom. The second-order valence-electron chi connectivity index (χ2n) is 6.05. The van der Waals surface area contributed by atoms with Crippen molar-refractivity contribution in [3.05, 3.63) is 35.9 Å². The Balaban J connectivity index is 2.23. The third-order valence-corrected chi connectivity index (χ3v) is 3.54. The monoisotopic (exact) mass is 290 g/mol. The van der Waals surface area contributed by atoms with Crippen molar-refractivity contribution in [1.29, 1.82) is 0 Å². The minimum atomic E-state index is -0.754. The number of carbonyl (C=O) groups is 2. The molecule has 0 saturated carbocycles. The molecule has 0 N–H and O–H groups in total. The van der Waals surface area contributed by atoms with Crippen LogP contribution < -0.4 is 0 Å². The van der Waals surface area contributed by atoms with Gasteiger partial charge in [0.25, 0.3) is 5.78 Å². The van der Waals surface area contributed by atoms with E-state index in [1.54, 1.807) is 30.3 Å². The fourth-order valence-corrected chi connectivity index (χ4v) is 2.14. The minimum absolute atomic E-state index is 0.320. The molecule has 0 bridgehead atoms. The average molecular weight is 290 g/mol. The number of hydrogen-bond donors (Lipinski definition) is 0. The van der Waals surface area contributed by atoms with Gasteiger partial charge in [0.1, 0.15) is 0 Å². The summed E-state index contributed by atoms with van der Waals surface area (Å²) in [4.78, 5) is 23.4. The van der Waals surface area contributed by atoms with Gasteiger partial charge in [-0.05, 0) is 18.3 Å². The van der Waals surface area contributed by atoms with Gasteiger partial charge in [-0.25, -0.2) is 4.79 Å². The zero-order chi connectivity index (χ0) is 15.7. The number of rotatable bonds is 9. The number of carbonyl (C=O) groups excluding carboxylic acids is 2. The Morgan fingerprint density at radius 1 is 1.00 bits per heavy atom. The van der Waals surface area contributed by atoms with Crippen molar-refractivity contribution in [2.45, 2.75) is 46.5 Å². The van der Waals surface area contributed by atoms with Gasteiger partial charge < -0.3 is 4.74 Å². The van der Waals surface area contributed by atoms with E-state index in [0.29, 0.717) is 18.1 Å². The lowest BCUT2D eigenvalue weighted by molar-refractivity contribution is -0.138. The van der Waals surface area contributed by atoms with E-state index in [9.17, 15) is 9.59 Å². The van der Waals surface area contributed by atoms with Gasteiger partial charge in [0.2, 0.25) is 0 Å². The molecule has 0 aliphatic rings. The maximum Gasteiger partial charge on any atom is 0.379 e. The molecular formula is C18H26O3. The van der Waals surface area contributed by atoms with Gasteiger partial charge in [0.15, 0.2) is 0 Å². The van der Waals surface area contributed by atoms with Crippen molar-refractivity contribution < 1.29 is 14.3 Å². The molecule has 0 aliphatic heterocycles. The molecule has 21 heavy (non-hydrogen) atoms. The third-order valence-electron chi connectivity index (χ3n) is 3.54. The molecule has 0 aliphatic carbocycles. The lowest BCUT2D eigenvalue weighted by Crippen LogP contribution is -2.19. The first-order valence-electron chi connectivity index (χ1n) is 7.77. The highest BCUT2D eigenvalue weighted by Crippen LogP contribution is 2.15. The van der Waals surface area contributed by atoms with Crippen LogP contribution in [0, 0.1) is 11.8 Å². The van der Waals surface area contributed by atoms with Crippen molar-refractivity contribution >= 4 is 11.8 Å². The molecule has 0 fully saturated rings. The second-order valence-corrected chi connectivity index (χ2v) is 6.05. The highest BCUT2D eigenvalue weighted by molar-refractivity contribution is 6.40. The second kappa shape index (κ2) is 9.32. The maximum absolute atomic E-state index is 11.8. The zero-order valence-electron chi connectivity index (χ0n) is 13.3. The SMILES string of the molecule is CC(C)CCCC(C)CCOC(=O)C(=O)c1ccccc1. The van der Waals surface area contributed by atoms with E-state index in [-0.39, 0.29) is 0 Å². The van der Waals surface area contributed by atoms with Crippen LogP contribution in [-0.4, -0.2) is 18.4 Å². The standard InChI is InChI=1S/C18H26O3/c1-14(2)8-7-9-15(3)12-13-21-18(20)17(19)16-10-5-4-6-11-16/h4-6,10-11,14-15H,7-9,12-13H2,1-3H3. The van der Waals surface area contributed by atoms with Crippen LogP contribution in [0.1, 0.15) is 56.8 Å². The molecule has 0 amide bonds. The summed E-state index contributed by atoms with van der Waals surface area (Å²) in [6.45, 7) is 6.93. The molecule has 116 valence electrons. The number of hydrogen-bond acceptors (Lipinski definition) is 3. The van der Waals surface area contributed by atoms with Crippen LogP contribution in [0.15, 0.2) is 30.3 Å². The van der Waals surface area contributed by atoms with Gasteiger partial charge in [0.05, 0.1) is 6.61 Å². The first-order valence-corrected chi connectivity index (χ1v) is 7.77. The summed E-state index contributed by atoms with van der Waals surface area (Å²) in [7, 11) is 0. The van der Waals surface area contributed by atoms with E-state index in [0.717, 1.165) is 18.8 Å². The summed E-state index contributed by atoms with van der Waals surface area (Å²) in [5, 5.41) is 0. The van der Waals surface area contributed by atoms with Crippen molar-refractivity contribution in [1.82, 2.24) is 0 Å². The van der Waals surface area contributed by atoms with E-state index in [2.05, 4.69) is 20.8 Å². The molecule has 0 aromatic heterocycles. The predicted molar refractivity (Wildman–Crippen MR) is 84.2 cm³/mol. The van der Waals surface area contributed by atoms with Crippen LogP contribution in [0.2, 0.25) is 0 Å². The molecule has 1 aromatic rings. The zero-order valence-corrected chi connectivity index (χ0v) is 13.3. The molecule has 1 rings (SSSR count). The molecule has 0 radical (unpaired) electrons. The van der Waals surface area contributed by atoms with Crippen molar-refractivity contribution in [2.24, 2.45) is 11.8 Å². The summed E-state index contributed by atoms with van der Waals surface area (Å²) in [5.41, 5.74) is 0.382. The summed E-state index contributed by atoms with van der Waals surface area (Å²) in [6, 6.07) is 8.52. The van der Waals surface area contributed by atoms with Crippen LogP contribution in [0.5, 0.6) is 0 Å². The molecule has 3 heteroatoms. The number of ketones is 1. The molecule has 1 aromatic carbocycles. The highest BCUT2D eigenvalue weighted by Gasteiger charge is 2.17. The molecule has 1 atom stereocenters. The van der Waals surface area contributed by atoms with Crippen LogP contribution in [0.25, 0.3) is 0 Å². The summed E-state index contributed by atoms with van der Waals surface area (Å²) in [5.74, 6) is -0.0689. The third kappa shape index (κ3) is 7.07. The number of ether oxygens (including phenoxy) is 1. The van der Waals surface area contributed by atoms with Gasteiger partial charge in [-0.15, -0.1) is 0 Å². The largest absolute Gasteiger partial charge is 0.460 e. The maximum atomic E-state index is 11.8. The fourth-order valence-electron chi connectivity index (χ4n) is 2.14. The van der Waals surface area contributed by atoms with Crippen molar-refractivity contribution in [2.75, 3.05) is 6.61 Å². The van der Waals surface area contributed by atoms with E-state index in [1.807, 2.05) is 0 Å². The van der Waals surface area contributed by atoms with E-state index >= 15 is 0 Å². The fraction of sp³-hybridized carbons (Fsp3) is 0.556. The van der Waals surface area contributed by atoms with Gasteiger partial charge in [-0.1, -0.05) is 70.4 Å². The molecular weight excluding hydrogens is 264 g/mol. The summed E-state index contributed by atoms with van der Waals surface area (Å²) < 4.78 is 5.07. The lowest BCUT2D eigenvalue weighted by atomic mass is 9.98. The van der Waals surface area contributed by atoms with Crippen LogP contribution in [0.4, 0.5) is 0 Å². The predicted octanol–water partition coefficient (Wildman–Crippen LogP) is 4.27. The average Bonchev–Trinajstić information content (AvgIpc) is 2.46. The first kappa shape index (κ1) is 17.4. The Bertz CT molecular complexity index is 437. The van der Waals surface area contributed by atoms with Crippen LogP contribution in [0.3, 0.4) is 0 Å². The van der Waals surface area contributed by atoms with Gasteiger partial charge in [-0.3, -0.25) is 4.79 Å². The van der Waals surface area contributed by atoms with Crippen LogP contribution >= 0.6 is 0 Å². The van der Waals surface area contributed by atoms with Gasteiger partial charge in [-0.2, -0.15) is 0 Å². The molecule has 0 heterocycles.